The van der Waals surface area contributed by atoms with Gasteiger partial charge in [0.25, 0.3) is 0 Å². The number of carboxylic acids is 2. The maximum Gasteiger partial charge on any atom is 0.334 e. The van der Waals surface area contributed by atoms with Crippen molar-refractivity contribution in [2.75, 3.05) is 31.9 Å². The molecule has 1 unspecified atom stereocenters. The largest absolute Gasteiger partial charge is 0.611 e. The molecule has 2 aromatic carbocycles. The molecule has 2 aliphatic heterocycles. The van der Waals surface area contributed by atoms with Crippen molar-refractivity contribution in [3.63, 3.8) is 0 Å². The number of nitrogens with one attached hydrogen (secondary N) is 1. The first-order chi connectivity index (χ1) is 21.5. The molecular weight excluding hydrogens is 639 g/mol. The van der Waals surface area contributed by atoms with Crippen LogP contribution in [0.3, 0.4) is 0 Å². The zero-order chi connectivity index (χ0) is 32.2. The van der Waals surface area contributed by atoms with Crippen LogP contribution in [0.25, 0.3) is 0 Å². The molecule has 0 spiro atoms. The lowest BCUT2D eigenvalue weighted by Crippen LogP contribution is -2.53. The summed E-state index contributed by atoms with van der Waals surface area (Å²) in [5.41, 5.74) is 5.52. The monoisotopic (exact) mass is 674 g/mol. The second-order valence-corrected chi connectivity index (χ2v) is 13.8. The average molecular weight is 676 g/mol. The van der Waals surface area contributed by atoms with Gasteiger partial charge in [0, 0.05) is 59.6 Å². The summed E-state index contributed by atoms with van der Waals surface area (Å²) >= 11 is 11.4. The number of amides is 1. The van der Waals surface area contributed by atoms with Gasteiger partial charge in [-0.25, -0.2) is 9.59 Å². The van der Waals surface area contributed by atoms with Gasteiger partial charge >= 0.3 is 11.9 Å². The highest BCUT2D eigenvalue weighted by Gasteiger charge is 2.42. The molecule has 5 N–H and O–H groups in total. The van der Waals surface area contributed by atoms with Crippen LogP contribution in [0.15, 0.2) is 76.0 Å². The molecule has 2 fully saturated rings. The van der Waals surface area contributed by atoms with Crippen LogP contribution in [0.4, 0.5) is 0 Å². The van der Waals surface area contributed by atoms with E-state index < -0.39 is 29.0 Å². The second-order valence-electron chi connectivity index (χ2n) is 11.6. The van der Waals surface area contributed by atoms with E-state index in [0.717, 1.165) is 25.7 Å². The third-order valence-electron chi connectivity index (χ3n) is 8.81. The first-order valence-corrected chi connectivity index (χ1v) is 17.0. The van der Waals surface area contributed by atoms with E-state index in [-0.39, 0.29) is 62.3 Å². The van der Waals surface area contributed by atoms with Gasteiger partial charge in [0.2, 0.25) is 5.91 Å². The average Bonchev–Trinajstić information content (AvgIpc) is 3.01. The Hall–Kier alpha value is -3.06. The molecule has 2 heterocycles. The standard InChI is InChI=1S/C32H36Cl2N4O6S/c33-22-7-4-8-23(34)27(22)30-28(31(40)41)24(36-25(29(30)32(42)43)18-45(44)21-5-2-1-3-6-21)17-26(39)38-15-13-37(14-16-38)20-11-9-19(35)10-12-20/h1-8,19-20,30,36H,9-18,35H2,(H,40,41)(H,42,43)/t19?,20?,30?,45-/m0/s1. The topological polar surface area (TPSA) is 159 Å². The molecule has 0 bridgehead atoms. The lowest BCUT2D eigenvalue weighted by atomic mass is 9.79. The minimum Gasteiger partial charge on any atom is -0.611 e. The number of nitrogens with zero attached hydrogens (tertiary/aromatic N) is 2. The molecule has 0 radical (unpaired) electrons. The highest BCUT2D eigenvalue weighted by atomic mass is 35.5. The van der Waals surface area contributed by atoms with Crippen molar-refractivity contribution in [3.8, 4) is 0 Å². The fourth-order valence-corrected chi connectivity index (χ4v) is 8.23. The van der Waals surface area contributed by atoms with Crippen molar-refractivity contribution in [1.29, 1.82) is 0 Å². The molecule has 3 aliphatic rings. The summed E-state index contributed by atoms with van der Waals surface area (Å²) in [6.45, 7) is 2.37. The van der Waals surface area contributed by atoms with Crippen LogP contribution in [-0.2, 0) is 25.6 Å². The Bertz CT molecular complexity index is 1480. The summed E-state index contributed by atoms with van der Waals surface area (Å²) in [4.78, 5) is 44.0. The van der Waals surface area contributed by atoms with Crippen LogP contribution < -0.4 is 11.1 Å². The SMILES string of the molecule is NC1CCC(N2CCN(C(=O)CC3=C(C(=O)O)C(c4c(Cl)cccc4Cl)C(C(=O)O)=C(C[S@+]([O-])c4ccccc4)N3)CC2)CC1. The fourth-order valence-electron chi connectivity index (χ4n) is 6.50. The molecule has 1 saturated heterocycles. The Balaban J connectivity index is 1.47. The van der Waals surface area contributed by atoms with Gasteiger partial charge in [0.1, 0.15) is 0 Å². The lowest BCUT2D eigenvalue weighted by molar-refractivity contribution is -0.133. The van der Waals surface area contributed by atoms with Gasteiger partial charge in [-0.3, -0.25) is 9.69 Å². The van der Waals surface area contributed by atoms with Crippen LogP contribution in [0, 0.1) is 0 Å². The van der Waals surface area contributed by atoms with E-state index in [1.165, 1.54) is 12.1 Å². The molecule has 2 atom stereocenters. The van der Waals surface area contributed by atoms with E-state index in [1.807, 2.05) is 0 Å². The number of hydrogen-bond acceptors (Lipinski definition) is 7. The van der Waals surface area contributed by atoms with Crippen molar-refractivity contribution < 1.29 is 29.1 Å². The number of carbonyl (C=O) groups is 3. The molecule has 1 saturated carbocycles. The minimum absolute atomic E-state index is 0.0160. The number of aliphatic carboxylic acids is 2. The van der Waals surface area contributed by atoms with Gasteiger partial charge in [-0.15, -0.1) is 0 Å². The van der Waals surface area contributed by atoms with E-state index in [1.54, 1.807) is 41.3 Å². The maximum absolute atomic E-state index is 13.7. The highest BCUT2D eigenvalue weighted by Crippen LogP contribution is 2.45. The van der Waals surface area contributed by atoms with Crippen LogP contribution in [0.1, 0.15) is 43.6 Å². The Labute approximate surface area is 275 Å². The lowest BCUT2D eigenvalue weighted by Gasteiger charge is -2.41. The molecule has 240 valence electrons. The number of dihydropyridines is 1. The van der Waals surface area contributed by atoms with E-state index in [9.17, 15) is 29.1 Å². The predicted octanol–water partition coefficient (Wildman–Crippen LogP) is 3.97. The zero-order valence-electron chi connectivity index (χ0n) is 24.6. The predicted molar refractivity (Wildman–Crippen MR) is 172 cm³/mol. The number of benzene rings is 2. The number of carboxylic acid groups (broad SMARTS) is 2. The first kappa shape index (κ1) is 33.3. The third-order valence-corrected chi connectivity index (χ3v) is 10.8. The fraction of sp³-hybridized carbons (Fsp3) is 0.406. The van der Waals surface area contributed by atoms with Crippen LogP contribution in [0.5, 0.6) is 0 Å². The minimum atomic E-state index is -1.69. The van der Waals surface area contributed by atoms with E-state index in [4.69, 9.17) is 28.9 Å². The number of nitrogens with two attached hydrogens (primary N) is 1. The number of carbonyl (C=O) groups excluding carboxylic acids is 1. The molecule has 1 amide bonds. The summed E-state index contributed by atoms with van der Waals surface area (Å²) < 4.78 is 13.4. The molecule has 2 aromatic rings. The van der Waals surface area contributed by atoms with E-state index in [0.29, 0.717) is 37.1 Å². The summed E-state index contributed by atoms with van der Waals surface area (Å²) in [5, 5.41) is 24.0. The second kappa shape index (κ2) is 14.6. The molecule has 13 heteroatoms. The number of piperazine rings is 1. The van der Waals surface area contributed by atoms with Crippen molar-refractivity contribution in [2.45, 2.75) is 55.0 Å². The van der Waals surface area contributed by atoms with Gasteiger partial charge < -0.3 is 30.7 Å². The number of hydrogen-bond donors (Lipinski definition) is 4. The zero-order valence-corrected chi connectivity index (χ0v) is 26.9. The van der Waals surface area contributed by atoms with E-state index >= 15 is 0 Å². The number of halogens is 2. The Morgan fingerprint density at radius 1 is 0.867 bits per heavy atom. The quantitative estimate of drug-likeness (QED) is 0.289. The first-order valence-electron chi connectivity index (χ1n) is 14.9. The smallest absolute Gasteiger partial charge is 0.334 e. The highest BCUT2D eigenvalue weighted by molar-refractivity contribution is 7.91. The Morgan fingerprint density at radius 2 is 1.44 bits per heavy atom. The van der Waals surface area contributed by atoms with Crippen molar-refractivity contribution in [1.82, 2.24) is 15.1 Å². The summed E-state index contributed by atoms with van der Waals surface area (Å²) in [6.07, 6.45) is 3.71. The maximum atomic E-state index is 13.7. The van der Waals surface area contributed by atoms with Crippen molar-refractivity contribution in [2.24, 2.45) is 5.73 Å². The number of rotatable bonds is 9. The van der Waals surface area contributed by atoms with Gasteiger partial charge in [-0.05, 0) is 61.1 Å². The van der Waals surface area contributed by atoms with Gasteiger partial charge in [0.05, 0.1) is 29.2 Å². The Kier molecular flexibility index (Phi) is 10.8. The van der Waals surface area contributed by atoms with Gasteiger partial charge in [-0.2, -0.15) is 0 Å². The molecule has 1 aliphatic carbocycles. The molecule has 10 nitrogen and oxygen atoms in total. The van der Waals surface area contributed by atoms with Crippen LogP contribution in [0.2, 0.25) is 10.0 Å². The third kappa shape index (κ3) is 7.51. The Morgan fingerprint density at radius 3 is 2.02 bits per heavy atom. The van der Waals surface area contributed by atoms with Crippen LogP contribution >= 0.6 is 23.2 Å². The van der Waals surface area contributed by atoms with Gasteiger partial charge in [-0.1, -0.05) is 47.5 Å². The molecule has 5 rings (SSSR count). The van der Waals surface area contributed by atoms with Crippen molar-refractivity contribution >= 4 is 52.2 Å². The van der Waals surface area contributed by atoms with E-state index in [2.05, 4.69) is 10.2 Å². The van der Waals surface area contributed by atoms with Crippen molar-refractivity contribution in [3.05, 3.63) is 86.7 Å². The summed E-state index contributed by atoms with van der Waals surface area (Å²) in [6, 6.07) is 13.8. The summed E-state index contributed by atoms with van der Waals surface area (Å²) in [5.74, 6) is -4.84. The molecule has 0 aromatic heterocycles. The molecular formula is C32H36Cl2N4O6S. The molecule has 45 heavy (non-hydrogen) atoms. The van der Waals surface area contributed by atoms with Gasteiger partial charge in [0.15, 0.2) is 10.6 Å². The van der Waals surface area contributed by atoms with Crippen LogP contribution in [-0.4, -0.2) is 86.4 Å². The normalized spacial score (nSPS) is 23.5. The summed E-state index contributed by atoms with van der Waals surface area (Å²) in [7, 11) is 0.